The van der Waals surface area contributed by atoms with Crippen molar-refractivity contribution in [1.82, 2.24) is 4.98 Å². The van der Waals surface area contributed by atoms with E-state index >= 15 is 0 Å². The fourth-order valence-corrected chi connectivity index (χ4v) is 2.31. The van der Waals surface area contributed by atoms with Gasteiger partial charge in [-0.25, -0.2) is 4.79 Å². The first-order valence-corrected chi connectivity index (χ1v) is 6.88. The van der Waals surface area contributed by atoms with Crippen LogP contribution in [-0.2, 0) is 14.3 Å². The maximum Gasteiger partial charge on any atom is 0.342 e. The van der Waals surface area contributed by atoms with Gasteiger partial charge >= 0.3 is 5.97 Å². The van der Waals surface area contributed by atoms with Crippen molar-refractivity contribution < 1.29 is 19.1 Å². The number of esters is 1. The van der Waals surface area contributed by atoms with Crippen molar-refractivity contribution in [2.75, 3.05) is 18.5 Å². The summed E-state index contributed by atoms with van der Waals surface area (Å²) in [6, 6.07) is 0. The second-order valence-electron chi connectivity index (χ2n) is 4.81. The average Bonchev–Trinajstić information content (AvgIpc) is 3.00. The van der Waals surface area contributed by atoms with Crippen molar-refractivity contribution in [2.24, 2.45) is 0 Å². The number of carbonyl (C=O) groups excluding carboxylic acids is 2. The highest BCUT2D eigenvalue weighted by Crippen LogP contribution is 2.22. The summed E-state index contributed by atoms with van der Waals surface area (Å²) >= 11 is 0. The van der Waals surface area contributed by atoms with E-state index in [4.69, 9.17) is 9.47 Å². The molecule has 1 saturated heterocycles. The number of ether oxygens (including phenoxy) is 2. The van der Waals surface area contributed by atoms with Crippen LogP contribution in [0.4, 0.5) is 5.69 Å². The van der Waals surface area contributed by atoms with Gasteiger partial charge in [-0.3, -0.25) is 4.79 Å². The Hall–Kier alpha value is -1.82. The van der Waals surface area contributed by atoms with Gasteiger partial charge in [-0.05, 0) is 26.7 Å². The summed E-state index contributed by atoms with van der Waals surface area (Å²) in [5.41, 5.74) is 1.52. The molecule has 1 fully saturated rings. The first-order chi connectivity index (χ1) is 9.61. The standard InChI is InChI=1S/C14H20N2O4/c1-3-19-14(18)13-9(2)15-8-11(13)16-12(17)7-10-5-4-6-20-10/h8,10,15H,3-7H2,1-2H3,(H,16,17). The molecule has 0 aromatic carbocycles. The summed E-state index contributed by atoms with van der Waals surface area (Å²) in [7, 11) is 0. The molecule has 2 rings (SSSR count). The van der Waals surface area contributed by atoms with Gasteiger partial charge in [0.1, 0.15) is 5.56 Å². The number of hydrogen-bond acceptors (Lipinski definition) is 4. The van der Waals surface area contributed by atoms with Gasteiger partial charge in [-0.1, -0.05) is 0 Å². The molecule has 1 unspecified atom stereocenters. The van der Waals surface area contributed by atoms with Gasteiger partial charge in [-0.15, -0.1) is 0 Å². The van der Waals surface area contributed by atoms with E-state index in [2.05, 4.69) is 10.3 Å². The lowest BCUT2D eigenvalue weighted by Gasteiger charge is -2.10. The number of H-pyrrole nitrogens is 1. The number of anilines is 1. The zero-order valence-electron chi connectivity index (χ0n) is 11.8. The number of nitrogens with one attached hydrogen (secondary N) is 2. The molecular formula is C14H20N2O4. The fourth-order valence-electron chi connectivity index (χ4n) is 2.31. The highest BCUT2D eigenvalue weighted by molar-refractivity contribution is 6.02. The number of carbonyl (C=O) groups is 2. The van der Waals surface area contributed by atoms with E-state index < -0.39 is 5.97 Å². The lowest BCUT2D eigenvalue weighted by molar-refractivity contribution is -0.118. The van der Waals surface area contributed by atoms with Gasteiger partial charge in [0.25, 0.3) is 0 Å². The van der Waals surface area contributed by atoms with E-state index in [1.165, 1.54) is 0 Å². The number of rotatable bonds is 5. The topological polar surface area (TPSA) is 80.4 Å². The van der Waals surface area contributed by atoms with Crippen LogP contribution in [-0.4, -0.2) is 36.2 Å². The quantitative estimate of drug-likeness (QED) is 0.808. The van der Waals surface area contributed by atoms with E-state index in [0.717, 1.165) is 19.4 Å². The van der Waals surface area contributed by atoms with E-state index in [9.17, 15) is 9.59 Å². The molecular weight excluding hydrogens is 260 g/mol. The average molecular weight is 280 g/mol. The Bertz CT molecular complexity index is 489. The van der Waals surface area contributed by atoms with Gasteiger partial charge in [0.15, 0.2) is 0 Å². The Kier molecular flexibility index (Phi) is 4.79. The zero-order chi connectivity index (χ0) is 14.5. The lowest BCUT2D eigenvalue weighted by Crippen LogP contribution is -2.20. The van der Waals surface area contributed by atoms with E-state index in [1.54, 1.807) is 20.0 Å². The fraction of sp³-hybridized carbons (Fsp3) is 0.571. The van der Waals surface area contributed by atoms with Crippen LogP contribution in [0, 0.1) is 6.92 Å². The highest BCUT2D eigenvalue weighted by atomic mass is 16.5. The third-order valence-corrected chi connectivity index (χ3v) is 3.27. The van der Waals surface area contributed by atoms with Crippen LogP contribution in [0.25, 0.3) is 0 Å². The molecule has 2 N–H and O–H groups in total. The summed E-state index contributed by atoms with van der Waals surface area (Å²) in [6.45, 7) is 4.53. The molecule has 6 nitrogen and oxygen atoms in total. The van der Waals surface area contributed by atoms with Gasteiger partial charge in [-0.2, -0.15) is 0 Å². The highest BCUT2D eigenvalue weighted by Gasteiger charge is 2.22. The minimum absolute atomic E-state index is 0.0129. The molecule has 1 aromatic rings. The maximum atomic E-state index is 12.0. The Labute approximate surface area is 117 Å². The Morgan fingerprint density at radius 3 is 3.00 bits per heavy atom. The first-order valence-electron chi connectivity index (χ1n) is 6.88. The minimum atomic E-state index is -0.432. The Morgan fingerprint density at radius 1 is 1.55 bits per heavy atom. The van der Waals surface area contributed by atoms with Crippen molar-refractivity contribution in [1.29, 1.82) is 0 Å². The van der Waals surface area contributed by atoms with Crippen LogP contribution < -0.4 is 5.32 Å². The smallest absolute Gasteiger partial charge is 0.342 e. The SMILES string of the molecule is CCOC(=O)c1c(NC(=O)CC2CCCO2)c[nH]c1C. The minimum Gasteiger partial charge on any atom is -0.462 e. The molecule has 1 aromatic heterocycles. The molecule has 110 valence electrons. The van der Waals surface area contributed by atoms with Gasteiger partial charge in [0.2, 0.25) is 5.91 Å². The van der Waals surface area contributed by atoms with E-state index in [0.29, 0.717) is 30.0 Å². The largest absolute Gasteiger partial charge is 0.462 e. The number of aromatic amines is 1. The third-order valence-electron chi connectivity index (χ3n) is 3.27. The van der Waals surface area contributed by atoms with Crippen LogP contribution in [0.15, 0.2) is 6.20 Å². The van der Waals surface area contributed by atoms with Gasteiger partial charge in [0.05, 0.1) is 24.8 Å². The summed E-state index contributed by atoms with van der Waals surface area (Å²) in [6.07, 6.45) is 3.81. The van der Waals surface area contributed by atoms with Crippen molar-refractivity contribution >= 4 is 17.6 Å². The van der Waals surface area contributed by atoms with Crippen LogP contribution in [0.5, 0.6) is 0 Å². The Morgan fingerprint density at radius 2 is 2.35 bits per heavy atom. The third kappa shape index (κ3) is 3.39. The monoisotopic (exact) mass is 280 g/mol. The zero-order valence-corrected chi connectivity index (χ0v) is 11.8. The second-order valence-corrected chi connectivity index (χ2v) is 4.81. The molecule has 0 spiro atoms. The van der Waals surface area contributed by atoms with Crippen LogP contribution in [0.3, 0.4) is 0 Å². The molecule has 2 heterocycles. The molecule has 1 atom stereocenters. The molecule has 0 saturated carbocycles. The van der Waals surface area contributed by atoms with E-state index in [-0.39, 0.29) is 12.0 Å². The Balaban J connectivity index is 2.01. The first kappa shape index (κ1) is 14.6. The summed E-state index contributed by atoms with van der Waals surface area (Å²) in [4.78, 5) is 26.7. The van der Waals surface area contributed by atoms with Gasteiger partial charge in [0, 0.05) is 18.5 Å². The maximum absolute atomic E-state index is 12.0. The molecule has 1 amide bonds. The van der Waals surface area contributed by atoms with E-state index in [1.807, 2.05) is 0 Å². The van der Waals surface area contributed by atoms with Crippen LogP contribution in [0.1, 0.15) is 42.2 Å². The molecule has 1 aliphatic heterocycles. The molecule has 0 aliphatic carbocycles. The predicted molar refractivity (Wildman–Crippen MR) is 73.7 cm³/mol. The van der Waals surface area contributed by atoms with Crippen LogP contribution >= 0.6 is 0 Å². The van der Waals surface area contributed by atoms with Crippen molar-refractivity contribution in [3.63, 3.8) is 0 Å². The summed E-state index contributed by atoms with van der Waals surface area (Å²) < 4.78 is 10.4. The normalized spacial score (nSPS) is 18.0. The van der Waals surface area contributed by atoms with Gasteiger partial charge < -0.3 is 19.8 Å². The molecule has 20 heavy (non-hydrogen) atoms. The number of aromatic nitrogens is 1. The second kappa shape index (κ2) is 6.56. The lowest BCUT2D eigenvalue weighted by atomic mass is 10.1. The summed E-state index contributed by atoms with van der Waals surface area (Å²) in [5.74, 6) is -0.583. The molecule has 0 radical (unpaired) electrons. The number of amides is 1. The molecule has 1 aliphatic rings. The predicted octanol–water partition coefficient (Wildman–Crippen LogP) is 2.01. The molecule has 6 heteroatoms. The summed E-state index contributed by atoms with van der Waals surface area (Å²) in [5, 5.41) is 2.75. The van der Waals surface area contributed by atoms with Crippen LogP contribution in [0.2, 0.25) is 0 Å². The number of aryl methyl sites for hydroxylation is 1. The van der Waals surface area contributed by atoms with Crippen molar-refractivity contribution in [3.8, 4) is 0 Å². The van der Waals surface area contributed by atoms with Crippen molar-refractivity contribution in [2.45, 2.75) is 39.2 Å². The van der Waals surface area contributed by atoms with Crippen molar-refractivity contribution in [3.05, 3.63) is 17.5 Å². The number of hydrogen-bond donors (Lipinski definition) is 2. The molecule has 0 bridgehead atoms.